The predicted octanol–water partition coefficient (Wildman–Crippen LogP) is 4.28. The van der Waals surface area contributed by atoms with Crippen LogP contribution in [0.5, 0.6) is 0 Å². The standard InChI is InChI=1S/C14H21/c1-2-3-4-5-6-7-13-10-12-8-9-14(13)11-12/h5-6,12,14H,2-4,7-9,11H2,1H3. The molecule has 2 bridgehead atoms. The maximum atomic E-state index is 3.65. The van der Waals surface area contributed by atoms with Gasteiger partial charge < -0.3 is 0 Å². The van der Waals surface area contributed by atoms with Crippen molar-refractivity contribution in [1.82, 2.24) is 0 Å². The van der Waals surface area contributed by atoms with Gasteiger partial charge in [-0.2, -0.15) is 0 Å². The summed E-state index contributed by atoms with van der Waals surface area (Å²) in [5, 5.41) is 0. The molecule has 77 valence electrons. The van der Waals surface area contributed by atoms with Gasteiger partial charge in [0.2, 0.25) is 0 Å². The topological polar surface area (TPSA) is 0 Å². The van der Waals surface area contributed by atoms with Crippen molar-refractivity contribution >= 4 is 0 Å². The zero-order valence-corrected chi connectivity index (χ0v) is 9.26. The van der Waals surface area contributed by atoms with Crippen molar-refractivity contribution in [2.75, 3.05) is 0 Å². The molecular weight excluding hydrogens is 168 g/mol. The van der Waals surface area contributed by atoms with Crippen molar-refractivity contribution in [1.29, 1.82) is 0 Å². The van der Waals surface area contributed by atoms with E-state index in [4.69, 9.17) is 0 Å². The van der Waals surface area contributed by atoms with Gasteiger partial charge in [-0.3, -0.25) is 0 Å². The van der Waals surface area contributed by atoms with Crippen molar-refractivity contribution in [3.05, 3.63) is 23.8 Å². The zero-order valence-electron chi connectivity index (χ0n) is 9.26. The largest absolute Gasteiger partial charge is 0.0882 e. The number of fused-ring (bicyclic) bond motifs is 2. The highest BCUT2D eigenvalue weighted by Crippen LogP contribution is 2.44. The summed E-state index contributed by atoms with van der Waals surface area (Å²) in [4.78, 5) is 0. The van der Waals surface area contributed by atoms with Gasteiger partial charge in [-0.25, -0.2) is 0 Å². The van der Waals surface area contributed by atoms with Crippen molar-refractivity contribution in [3.8, 4) is 0 Å². The van der Waals surface area contributed by atoms with Gasteiger partial charge in [0, 0.05) is 0 Å². The van der Waals surface area contributed by atoms with Gasteiger partial charge in [0.15, 0.2) is 0 Å². The first kappa shape index (κ1) is 10.0. The molecule has 1 saturated carbocycles. The fourth-order valence-electron chi connectivity index (χ4n) is 2.68. The Kier molecular flexibility index (Phi) is 3.44. The molecule has 0 saturated heterocycles. The highest BCUT2D eigenvalue weighted by atomic mass is 14.4. The van der Waals surface area contributed by atoms with Crippen molar-refractivity contribution in [2.45, 2.75) is 51.9 Å². The average Bonchev–Trinajstić information content (AvgIpc) is 2.79. The molecule has 0 spiro atoms. The monoisotopic (exact) mass is 189 g/mol. The van der Waals surface area contributed by atoms with Crippen LogP contribution in [0.4, 0.5) is 0 Å². The van der Waals surface area contributed by atoms with Crippen molar-refractivity contribution in [2.24, 2.45) is 11.8 Å². The van der Waals surface area contributed by atoms with Crippen LogP contribution in [0.25, 0.3) is 0 Å². The van der Waals surface area contributed by atoms with E-state index >= 15 is 0 Å². The molecule has 0 aromatic heterocycles. The Morgan fingerprint density at radius 2 is 2.29 bits per heavy atom. The summed E-state index contributed by atoms with van der Waals surface area (Å²) < 4.78 is 0. The lowest BCUT2D eigenvalue weighted by molar-refractivity contribution is 0.642. The Balaban J connectivity index is 1.71. The van der Waals surface area contributed by atoms with Crippen LogP contribution in [0.2, 0.25) is 0 Å². The third kappa shape index (κ3) is 2.29. The Hall–Kier alpha value is -0.520. The third-order valence-electron chi connectivity index (χ3n) is 3.54. The summed E-state index contributed by atoms with van der Waals surface area (Å²) in [6.07, 6.45) is 17.7. The minimum Gasteiger partial charge on any atom is -0.0882 e. The Bertz CT molecular complexity index is 234. The average molecular weight is 189 g/mol. The molecule has 2 unspecified atom stereocenters. The first-order valence-corrected chi connectivity index (χ1v) is 6.17. The second-order valence-electron chi connectivity index (χ2n) is 4.69. The fraction of sp³-hybridized carbons (Fsp3) is 0.714. The minimum absolute atomic E-state index is 0.832. The minimum atomic E-state index is 0.832. The molecule has 1 radical (unpaired) electrons. The van der Waals surface area contributed by atoms with Crippen molar-refractivity contribution in [3.63, 3.8) is 0 Å². The molecule has 14 heavy (non-hydrogen) atoms. The van der Waals surface area contributed by atoms with E-state index in [-0.39, 0.29) is 0 Å². The summed E-state index contributed by atoms with van der Waals surface area (Å²) in [7, 11) is 0. The third-order valence-corrected chi connectivity index (χ3v) is 3.54. The van der Waals surface area contributed by atoms with Gasteiger partial charge in [-0.15, -0.1) is 0 Å². The number of hydrogen-bond donors (Lipinski definition) is 0. The van der Waals surface area contributed by atoms with Crippen molar-refractivity contribution < 1.29 is 0 Å². The Labute approximate surface area is 88.1 Å². The molecule has 0 heterocycles. The number of hydrogen-bond acceptors (Lipinski definition) is 0. The van der Waals surface area contributed by atoms with Gasteiger partial charge in [0.25, 0.3) is 0 Å². The smallest absolute Gasteiger partial charge is 0.0130 e. The fourth-order valence-corrected chi connectivity index (χ4v) is 2.68. The first-order chi connectivity index (χ1) is 6.90. The molecule has 2 rings (SSSR count). The number of allylic oxidation sites excluding steroid dienone is 4. The summed E-state index contributed by atoms with van der Waals surface area (Å²) in [5.41, 5.74) is 1.62. The van der Waals surface area contributed by atoms with E-state index in [1.54, 1.807) is 5.57 Å². The lowest BCUT2D eigenvalue weighted by Gasteiger charge is -2.10. The van der Waals surface area contributed by atoms with E-state index in [9.17, 15) is 0 Å². The highest BCUT2D eigenvalue weighted by molar-refractivity contribution is 5.17. The molecule has 0 N–H and O–H groups in total. The van der Waals surface area contributed by atoms with E-state index < -0.39 is 0 Å². The molecule has 0 aromatic carbocycles. The molecule has 0 nitrogen and oxygen atoms in total. The Morgan fingerprint density at radius 1 is 1.36 bits per heavy atom. The van der Waals surface area contributed by atoms with Gasteiger partial charge in [0.1, 0.15) is 0 Å². The second kappa shape index (κ2) is 4.82. The molecule has 2 atom stereocenters. The lowest BCUT2D eigenvalue weighted by atomic mass is 9.96. The van der Waals surface area contributed by atoms with Crippen LogP contribution < -0.4 is 0 Å². The van der Waals surface area contributed by atoms with Crippen LogP contribution in [-0.4, -0.2) is 0 Å². The van der Waals surface area contributed by atoms with Gasteiger partial charge >= 0.3 is 0 Å². The second-order valence-corrected chi connectivity index (χ2v) is 4.69. The van der Waals surface area contributed by atoms with Crippen LogP contribution >= 0.6 is 0 Å². The zero-order chi connectivity index (χ0) is 9.80. The first-order valence-electron chi connectivity index (χ1n) is 6.17. The van der Waals surface area contributed by atoms with E-state index in [0.29, 0.717) is 0 Å². The molecule has 0 aliphatic heterocycles. The van der Waals surface area contributed by atoms with Gasteiger partial charge in [-0.1, -0.05) is 37.5 Å². The summed E-state index contributed by atoms with van der Waals surface area (Å²) in [6.45, 7) is 2.25. The molecular formula is C14H21. The SMILES string of the molecule is CCCCC=CCC1=[C]C2CCC1C2. The van der Waals surface area contributed by atoms with E-state index in [1.807, 2.05) is 0 Å². The van der Waals surface area contributed by atoms with E-state index in [0.717, 1.165) is 11.8 Å². The molecule has 0 heteroatoms. The van der Waals surface area contributed by atoms with Crippen LogP contribution in [0, 0.1) is 17.9 Å². The van der Waals surface area contributed by atoms with E-state index in [1.165, 1.54) is 44.9 Å². The van der Waals surface area contributed by atoms with Crippen LogP contribution in [-0.2, 0) is 0 Å². The maximum absolute atomic E-state index is 3.65. The summed E-state index contributed by atoms with van der Waals surface area (Å²) in [6, 6.07) is 0. The van der Waals surface area contributed by atoms with Gasteiger partial charge in [0.05, 0.1) is 0 Å². The molecule has 1 fully saturated rings. The quantitative estimate of drug-likeness (QED) is 0.447. The summed E-state index contributed by atoms with van der Waals surface area (Å²) >= 11 is 0. The summed E-state index contributed by atoms with van der Waals surface area (Å²) in [5.74, 6) is 1.75. The molecule has 2 aliphatic carbocycles. The lowest BCUT2D eigenvalue weighted by Crippen LogP contribution is -1.95. The predicted molar refractivity (Wildman–Crippen MR) is 60.9 cm³/mol. The normalized spacial score (nSPS) is 30.2. The number of unbranched alkanes of at least 4 members (excludes halogenated alkanes) is 2. The van der Waals surface area contributed by atoms with E-state index in [2.05, 4.69) is 25.2 Å². The molecule has 0 amide bonds. The van der Waals surface area contributed by atoms with Crippen LogP contribution in [0.3, 0.4) is 0 Å². The van der Waals surface area contributed by atoms with Gasteiger partial charge in [-0.05, 0) is 50.0 Å². The molecule has 2 aliphatic rings. The van der Waals surface area contributed by atoms with Crippen LogP contribution in [0.15, 0.2) is 17.7 Å². The highest BCUT2D eigenvalue weighted by Gasteiger charge is 2.32. The van der Waals surface area contributed by atoms with Crippen LogP contribution in [0.1, 0.15) is 51.9 Å². The molecule has 0 aromatic rings. The maximum Gasteiger partial charge on any atom is -0.0130 e. The Morgan fingerprint density at radius 3 is 2.93 bits per heavy atom. The number of rotatable bonds is 5.